The zero-order valence-electron chi connectivity index (χ0n) is 11.8. The van der Waals surface area contributed by atoms with Gasteiger partial charge in [0.1, 0.15) is 5.01 Å². The third-order valence-electron chi connectivity index (χ3n) is 4.06. The molecule has 0 saturated heterocycles. The molecule has 0 spiro atoms. The smallest absolute Gasteiger partial charge is 0.113 e. The molecule has 20 heavy (non-hydrogen) atoms. The maximum Gasteiger partial charge on any atom is 0.113 e. The number of hydrogen-bond acceptors (Lipinski definition) is 4. The second-order valence-corrected chi connectivity index (χ2v) is 7.22. The van der Waals surface area contributed by atoms with E-state index in [1.54, 1.807) is 23.1 Å². The van der Waals surface area contributed by atoms with Crippen molar-refractivity contribution in [2.75, 3.05) is 6.26 Å². The number of aromatic nitrogens is 1. The molecule has 1 heterocycles. The standard InChI is InChI=1S/C16H20N2S2/c1-19-13-7-5-12(6-8-13)14-11-20-15(18-14)16(17)9-3-2-4-10-16/h5-8,11H,2-4,9-10,17H2,1H3. The Hall–Kier alpha value is -0.840. The highest BCUT2D eigenvalue weighted by Gasteiger charge is 2.32. The molecule has 106 valence electrons. The number of hydrogen-bond donors (Lipinski definition) is 1. The Morgan fingerprint density at radius 2 is 1.85 bits per heavy atom. The third-order valence-corrected chi connectivity index (χ3v) is 5.87. The van der Waals surface area contributed by atoms with Crippen molar-refractivity contribution in [3.8, 4) is 11.3 Å². The second kappa shape index (κ2) is 5.88. The van der Waals surface area contributed by atoms with Gasteiger partial charge in [-0.1, -0.05) is 31.4 Å². The highest BCUT2D eigenvalue weighted by molar-refractivity contribution is 7.98. The average molecular weight is 304 g/mol. The molecule has 2 aromatic rings. The van der Waals surface area contributed by atoms with Gasteiger partial charge in [0.25, 0.3) is 0 Å². The van der Waals surface area contributed by atoms with Crippen LogP contribution in [0.4, 0.5) is 0 Å². The molecule has 0 radical (unpaired) electrons. The first-order valence-electron chi connectivity index (χ1n) is 7.11. The maximum atomic E-state index is 6.56. The first kappa shape index (κ1) is 14.1. The average Bonchev–Trinajstić information content (AvgIpc) is 2.99. The summed E-state index contributed by atoms with van der Waals surface area (Å²) in [6.45, 7) is 0. The van der Waals surface area contributed by atoms with Crippen LogP contribution in [-0.4, -0.2) is 11.2 Å². The van der Waals surface area contributed by atoms with E-state index in [2.05, 4.69) is 35.9 Å². The number of thioether (sulfide) groups is 1. The lowest BCUT2D eigenvalue weighted by Crippen LogP contribution is -2.38. The Morgan fingerprint density at radius 3 is 2.50 bits per heavy atom. The zero-order chi connectivity index (χ0) is 14.0. The van der Waals surface area contributed by atoms with Gasteiger partial charge < -0.3 is 5.73 Å². The first-order chi connectivity index (χ1) is 9.71. The quantitative estimate of drug-likeness (QED) is 0.839. The summed E-state index contributed by atoms with van der Waals surface area (Å²) in [7, 11) is 0. The van der Waals surface area contributed by atoms with Gasteiger partial charge in [0, 0.05) is 15.8 Å². The number of thiazole rings is 1. The highest BCUT2D eigenvalue weighted by atomic mass is 32.2. The third kappa shape index (κ3) is 2.78. The van der Waals surface area contributed by atoms with Crippen molar-refractivity contribution in [1.82, 2.24) is 4.98 Å². The van der Waals surface area contributed by atoms with Crippen molar-refractivity contribution in [1.29, 1.82) is 0 Å². The minimum Gasteiger partial charge on any atom is -0.319 e. The summed E-state index contributed by atoms with van der Waals surface area (Å²) < 4.78 is 0. The van der Waals surface area contributed by atoms with Crippen LogP contribution in [0.2, 0.25) is 0 Å². The molecule has 0 unspecified atom stereocenters. The summed E-state index contributed by atoms with van der Waals surface area (Å²) in [5.74, 6) is 0. The van der Waals surface area contributed by atoms with Crippen molar-refractivity contribution in [3.63, 3.8) is 0 Å². The molecule has 2 nitrogen and oxygen atoms in total. The Balaban J connectivity index is 1.85. The van der Waals surface area contributed by atoms with Crippen molar-refractivity contribution in [2.45, 2.75) is 42.5 Å². The first-order valence-corrected chi connectivity index (χ1v) is 9.21. The maximum absolute atomic E-state index is 6.56. The van der Waals surface area contributed by atoms with Crippen LogP contribution in [0.25, 0.3) is 11.3 Å². The lowest BCUT2D eigenvalue weighted by atomic mass is 9.83. The lowest BCUT2D eigenvalue weighted by Gasteiger charge is -2.31. The summed E-state index contributed by atoms with van der Waals surface area (Å²) in [5.41, 5.74) is 8.63. The van der Waals surface area contributed by atoms with E-state index in [-0.39, 0.29) is 5.54 Å². The fourth-order valence-electron chi connectivity index (χ4n) is 2.79. The van der Waals surface area contributed by atoms with Crippen LogP contribution < -0.4 is 5.73 Å². The van der Waals surface area contributed by atoms with Crippen LogP contribution in [0.1, 0.15) is 37.1 Å². The summed E-state index contributed by atoms with van der Waals surface area (Å²) >= 11 is 3.48. The van der Waals surface area contributed by atoms with E-state index < -0.39 is 0 Å². The molecular weight excluding hydrogens is 284 g/mol. The molecule has 1 fully saturated rings. The SMILES string of the molecule is CSc1ccc(-c2csc(C3(N)CCCCC3)n2)cc1. The van der Waals surface area contributed by atoms with E-state index in [0.717, 1.165) is 23.5 Å². The molecule has 2 N–H and O–H groups in total. The molecule has 1 aliphatic carbocycles. The summed E-state index contributed by atoms with van der Waals surface area (Å²) in [6.07, 6.45) is 8.02. The van der Waals surface area contributed by atoms with Crippen LogP contribution in [0, 0.1) is 0 Å². The van der Waals surface area contributed by atoms with Gasteiger partial charge in [-0.3, -0.25) is 0 Å². The Morgan fingerprint density at radius 1 is 1.15 bits per heavy atom. The zero-order valence-corrected chi connectivity index (χ0v) is 13.4. The van der Waals surface area contributed by atoms with Gasteiger partial charge in [0.2, 0.25) is 0 Å². The highest BCUT2D eigenvalue weighted by Crippen LogP contribution is 2.37. The number of rotatable bonds is 3. The van der Waals surface area contributed by atoms with Gasteiger partial charge >= 0.3 is 0 Å². The molecule has 0 atom stereocenters. The van der Waals surface area contributed by atoms with Gasteiger partial charge in [-0.25, -0.2) is 4.98 Å². The molecule has 0 aliphatic heterocycles. The van der Waals surface area contributed by atoms with Gasteiger partial charge in [-0.15, -0.1) is 23.1 Å². The van der Waals surface area contributed by atoms with Crippen LogP contribution in [-0.2, 0) is 5.54 Å². The molecule has 1 aliphatic rings. The van der Waals surface area contributed by atoms with Gasteiger partial charge in [0.05, 0.1) is 11.2 Å². The predicted octanol–water partition coefficient (Wildman–Crippen LogP) is 4.65. The van der Waals surface area contributed by atoms with Crippen LogP contribution in [0.5, 0.6) is 0 Å². The predicted molar refractivity (Wildman–Crippen MR) is 88.3 cm³/mol. The van der Waals surface area contributed by atoms with Gasteiger partial charge in [-0.05, 0) is 31.2 Å². The second-order valence-electron chi connectivity index (χ2n) is 5.48. The van der Waals surface area contributed by atoms with E-state index in [1.165, 1.54) is 29.7 Å². The van der Waals surface area contributed by atoms with Crippen molar-refractivity contribution < 1.29 is 0 Å². The van der Waals surface area contributed by atoms with Crippen molar-refractivity contribution in [3.05, 3.63) is 34.7 Å². The lowest BCUT2D eigenvalue weighted by molar-refractivity contribution is 0.301. The Kier molecular flexibility index (Phi) is 4.15. The monoisotopic (exact) mass is 304 g/mol. The Bertz CT molecular complexity index is 568. The van der Waals surface area contributed by atoms with Crippen LogP contribution >= 0.6 is 23.1 Å². The van der Waals surface area contributed by atoms with Crippen molar-refractivity contribution >= 4 is 23.1 Å². The van der Waals surface area contributed by atoms with E-state index in [9.17, 15) is 0 Å². The summed E-state index contributed by atoms with van der Waals surface area (Å²) in [6, 6.07) is 8.60. The van der Waals surface area contributed by atoms with Gasteiger partial charge in [-0.2, -0.15) is 0 Å². The topological polar surface area (TPSA) is 38.9 Å². The number of nitrogens with two attached hydrogens (primary N) is 1. The molecule has 4 heteroatoms. The van der Waals surface area contributed by atoms with Crippen LogP contribution in [0.15, 0.2) is 34.5 Å². The molecular formula is C16H20N2S2. The molecule has 0 amide bonds. The fourth-order valence-corrected chi connectivity index (χ4v) is 4.20. The number of nitrogens with zero attached hydrogens (tertiary/aromatic N) is 1. The summed E-state index contributed by atoms with van der Waals surface area (Å²) in [4.78, 5) is 6.10. The fraction of sp³-hybridized carbons (Fsp3) is 0.438. The molecule has 1 aromatic heterocycles. The minimum absolute atomic E-state index is 0.180. The van der Waals surface area contributed by atoms with E-state index >= 15 is 0 Å². The Labute approximate surface area is 128 Å². The minimum atomic E-state index is -0.180. The van der Waals surface area contributed by atoms with Gasteiger partial charge in [0.15, 0.2) is 0 Å². The molecule has 1 aromatic carbocycles. The van der Waals surface area contributed by atoms with Crippen molar-refractivity contribution in [2.24, 2.45) is 5.73 Å². The number of benzene rings is 1. The largest absolute Gasteiger partial charge is 0.319 e. The van der Waals surface area contributed by atoms with E-state index in [4.69, 9.17) is 10.7 Å². The normalized spacial score (nSPS) is 18.1. The van der Waals surface area contributed by atoms with Crippen LogP contribution in [0.3, 0.4) is 0 Å². The van der Waals surface area contributed by atoms with E-state index in [0.29, 0.717) is 0 Å². The molecule has 1 saturated carbocycles. The molecule has 3 rings (SSSR count). The molecule has 0 bridgehead atoms. The summed E-state index contributed by atoms with van der Waals surface area (Å²) in [5, 5.41) is 3.26. The van der Waals surface area contributed by atoms with E-state index in [1.807, 2.05) is 0 Å².